The maximum absolute atomic E-state index is 12.6. The molecular formula is C20H30N4O3. The first-order chi connectivity index (χ1) is 13.1. The van der Waals surface area contributed by atoms with Crippen LogP contribution < -0.4 is 11.1 Å². The minimum atomic E-state index is -0.121. The van der Waals surface area contributed by atoms with Crippen LogP contribution in [0.2, 0.25) is 0 Å². The zero-order valence-corrected chi connectivity index (χ0v) is 16.0. The van der Waals surface area contributed by atoms with Crippen LogP contribution in [-0.2, 0) is 4.74 Å². The molecule has 3 atom stereocenters. The minimum Gasteiger partial charge on any atom is -0.374 e. The highest BCUT2D eigenvalue weighted by molar-refractivity contribution is 5.94. The summed E-state index contributed by atoms with van der Waals surface area (Å²) in [4.78, 5) is 28.5. The lowest BCUT2D eigenvalue weighted by molar-refractivity contribution is 0.00616. The molecule has 1 unspecified atom stereocenters. The lowest BCUT2D eigenvalue weighted by Crippen LogP contribution is -2.58. The van der Waals surface area contributed by atoms with Gasteiger partial charge in [0.25, 0.3) is 5.91 Å². The Hall–Kier alpha value is -2.12. The van der Waals surface area contributed by atoms with Crippen molar-refractivity contribution in [1.82, 2.24) is 15.1 Å². The van der Waals surface area contributed by atoms with Gasteiger partial charge in [-0.1, -0.05) is 18.2 Å². The number of likely N-dealkylation sites (tertiary alicyclic amines) is 2. The summed E-state index contributed by atoms with van der Waals surface area (Å²) in [5, 5.41) is 2.86. The normalized spacial score (nSPS) is 25.5. The van der Waals surface area contributed by atoms with Crippen LogP contribution in [0.3, 0.4) is 0 Å². The number of nitrogens with two attached hydrogens (primary N) is 1. The highest BCUT2D eigenvalue weighted by Crippen LogP contribution is 2.20. The number of piperidine rings is 1. The summed E-state index contributed by atoms with van der Waals surface area (Å²) in [5.74, 6) is 0.0417. The molecule has 27 heavy (non-hydrogen) atoms. The Labute approximate surface area is 160 Å². The number of hydrogen-bond donors (Lipinski definition) is 2. The molecular weight excluding hydrogens is 344 g/mol. The summed E-state index contributed by atoms with van der Waals surface area (Å²) in [6, 6.07) is 9.04. The number of urea groups is 1. The quantitative estimate of drug-likeness (QED) is 0.816. The fourth-order valence-corrected chi connectivity index (χ4v) is 3.85. The summed E-state index contributed by atoms with van der Waals surface area (Å²) in [7, 11) is 0. The van der Waals surface area contributed by atoms with E-state index in [-0.39, 0.29) is 30.1 Å². The lowest BCUT2D eigenvalue weighted by atomic mass is 9.98. The maximum atomic E-state index is 12.6. The summed E-state index contributed by atoms with van der Waals surface area (Å²) >= 11 is 0. The van der Waals surface area contributed by atoms with Gasteiger partial charge < -0.3 is 25.6 Å². The number of benzene rings is 1. The van der Waals surface area contributed by atoms with Gasteiger partial charge in [-0.05, 0) is 38.3 Å². The van der Waals surface area contributed by atoms with Crippen molar-refractivity contribution in [2.24, 2.45) is 5.73 Å². The van der Waals surface area contributed by atoms with Crippen molar-refractivity contribution < 1.29 is 14.3 Å². The van der Waals surface area contributed by atoms with Gasteiger partial charge in [-0.2, -0.15) is 0 Å². The second-order valence-electron chi connectivity index (χ2n) is 7.26. The molecule has 0 aromatic heterocycles. The predicted molar refractivity (Wildman–Crippen MR) is 103 cm³/mol. The van der Waals surface area contributed by atoms with E-state index in [9.17, 15) is 9.59 Å². The Morgan fingerprint density at radius 3 is 2.74 bits per heavy atom. The van der Waals surface area contributed by atoms with Crippen molar-refractivity contribution >= 4 is 11.9 Å². The van der Waals surface area contributed by atoms with Crippen LogP contribution in [0.5, 0.6) is 0 Å². The van der Waals surface area contributed by atoms with E-state index in [0.29, 0.717) is 38.3 Å². The standard InChI is InChI=1S/C20H30N4O3/c1-2-22-20(26)24-11-6-9-17(21)18(24)14-27-16-10-12-23(13-16)19(25)15-7-4-3-5-8-15/h3-5,7-8,16-18H,2,6,9-14,21H2,1H3,(H,22,26)/t16-,17?,18-/m0/s1. The Morgan fingerprint density at radius 2 is 2.00 bits per heavy atom. The van der Waals surface area contributed by atoms with Crippen LogP contribution in [0, 0.1) is 0 Å². The highest BCUT2D eigenvalue weighted by atomic mass is 16.5. The number of ether oxygens (including phenoxy) is 1. The summed E-state index contributed by atoms with van der Waals surface area (Å²) in [6.45, 7) is 4.89. The lowest BCUT2D eigenvalue weighted by Gasteiger charge is -2.39. The summed E-state index contributed by atoms with van der Waals surface area (Å²) < 4.78 is 6.09. The first-order valence-electron chi connectivity index (χ1n) is 9.86. The zero-order chi connectivity index (χ0) is 19.2. The molecule has 2 aliphatic rings. The van der Waals surface area contributed by atoms with Gasteiger partial charge in [-0.3, -0.25) is 4.79 Å². The second kappa shape index (κ2) is 9.19. The van der Waals surface area contributed by atoms with Crippen molar-refractivity contribution in [2.45, 2.75) is 44.4 Å². The monoisotopic (exact) mass is 374 g/mol. The predicted octanol–water partition coefficient (Wildman–Crippen LogP) is 1.44. The van der Waals surface area contributed by atoms with E-state index < -0.39 is 0 Å². The van der Waals surface area contributed by atoms with E-state index in [1.54, 1.807) is 4.90 Å². The third kappa shape index (κ3) is 4.78. The number of nitrogens with zero attached hydrogens (tertiary/aromatic N) is 2. The number of amides is 3. The molecule has 2 heterocycles. The third-order valence-electron chi connectivity index (χ3n) is 5.38. The van der Waals surface area contributed by atoms with Crippen LogP contribution >= 0.6 is 0 Å². The Bertz CT molecular complexity index is 639. The van der Waals surface area contributed by atoms with Crippen molar-refractivity contribution in [3.63, 3.8) is 0 Å². The molecule has 0 spiro atoms. The Balaban J connectivity index is 1.53. The fraction of sp³-hybridized carbons (Fsp3) is 0.600. The molecule has 0 bridgehead atoms. The van der Waals surface area contributed by atoms with Gasteiger partial charge in [-0.25, -0.2) is 4.79 Å². The molecule has 1 aromatic rings. The zero-order valence-electron chi connectivity index (χ0n) is 16.0. The number of carbonyl (C=O) groups excluding carboxylic acids is 2. The van der Waals surface area contributed by atoms with Crippen molar-refractivity contribution in [3.8, 4) is 0 Å². The Morgan fingerprint density at radius 1 is 1.22 bits per heavy atom. The average molecular weight is 374 g/mol. The van der Waals surface area contributed by atoms with Gasteiger partial charge >= 0.3 is 6.03 Å². The molecule has 1 aromatic carbocycles. The molecule has 3 amide bonds. The van der Waals surface area contributed by atoms with Crippen LogP contribution in [-0.4, -0.2) is 72.7 Å². The molecule has 148 valence electrons. The molecule has 2 fully saturated rings. The van der Waals surface area contributed by atoms with E-state index >= 15 is 0 Å². The number of carbonyl (C=O) groups is 2. The van der Waals surface area contributed by atoms with Gasteiger partial charge in [0.05, 0.1) is 18.8 Å². The first-order valence-corrected chi connectivity index (χ1v) is 9.86. The molecule has 7 heteroatoms. The Kier molecular flexibility index (Phi) is 6.68. The first kappa shape index (κ1) is 19.6. The molecule has 7 nitrogen and oxygen atoms in total. The summed E-state index contributed by atoms with van der Waals surface area (Å²) in [5.41, 5.74) is 6.98. The van der Waals surface area contributed by atoms with Crippen LogP contribution in [0.25, 0.3) is 0 Å². The number of rotatable bonds is 5. The third-order valence-corrected chi connectivity index (χ3v) is 5.38. The van der Waals surface area contributed by atoms with Crippen LogP contribution in [0.4, 0.5) is 4.79 Å². The molecule has 2 aliphatic heterocycles. The SMILES string of the molecule is CCNC(=O)N1CCCC(N)[C@@H]1CO[C@H]1CCN(C(=O)c2ccccc2)C1. The second-order valence-corrected chi connectivity index (χ2v) is 7.26. The van der Waals surface area contributed by atoms with E-state index in [0.717, 1.165) is 19.3 Å². The summed E-state index contributed by atoms with van der Waals surface area (Å²) in [6.07, 6.45) is 2.61. The number of nitrogens with one attached hydrogen (secondary N) is 1. The molecule has 0 saturated carbocycles. The van der Waals surface area contributed by atoms with Crippen LogP contribution in [0.15, 0.2) is 30.3 Å². The van der Waals surface area contributed by atoms with Crippen molar-refractivity contribution in [1.29, 1.82) is 0 Å². The van der Waals surface area contributed by atoms with E-state index in [1.807, 2.05) is 42.2 Å². The van der Waals surface area contributed by atoms with E-state index in [4.69, 9.17) is 10.5 Å². The smallest absolute Gasteiger partial charge is 0.317 e. The van der Waals surface area contributed by atoms with Gasteiger partial charge in [-0.15, -0.1) is 0 Å². The van der Waals surface area contributed by atoms with Gasteiger partial charge in [0.1, 0.15) is 0 Å². The topological polar surface area (TPSA) is 87.9 Å². The molecule has 0 aliphatic carbocycles. The fourth-order valence-electron chi connectivity index (χ4n) is 3.85. The molecule has 2 saturated heterocycles. The highest BCUT2D eigenvalue weighted by Gasteiger charge is 2.34. The average Bonchev–Trinajstić information content (AvgIpc) is 3.16. The minimum absolute atomic E-state index is 0.0112. The van der Waals surface area contributed by atoms with Crippen LogP contribution in [0.1, 0.15) is 36.5 Å². The molecule has 0 radical (unpaired) electrons. The van der Waals surface area contributed by atoms with E-state index in [2.05, 4.69) is 5.32 Å². The van der Waals surface area contributed by atoms with Crippen molar-refractivity contribution in [2.75, 3.05) is 32.8 Å². The van der Waals surface area contributed by atoms with E-state index in [1.165, 1.54) is 0 Å². The molecule has 3 rings (SSSR count). The van der Waals surface area contributed by atoms with Gasteiger partial charge in [0.15, 0.2) is 0 Å². The molecule has 3 N–H and O–H groups in total. The van der Waals surface area contributed by atoms with Gasteiger partial charge in [0, 0.05) is 37.8 Å². The maximum Gasteiger partial charge on any atom is 0.317 e. The number of hydrogen-bond acceptors (Lipinski definition) is 4. The van der Waals surface area contributed by atoms with Crippen molar-refractivity contribution in [3.05, 3.63) is 35.9 Å². The largest absolute Gasteiger partial charge is 0.374 e. The van der Waals surface area contributed by atoms with Gasteiger partial charge in [0.2, 0.25) is 0 Å².